The molecule has 2 aliphatic heterocycles. The zero-order valence-electron chi connectivity index (χ0n) is 15.0. The molecule has 0 saturated heterocycles. The smallest absolute Gasteiger partial charge is 0.322 e. The molecule has 1 atom stereocenters. The minimum Gasteiger partial charge on any atom is -0.454 e. The van der Waals surface area contributed by atoms with Gasteiger partial charge in [0.2, 0.25) is 6.79 Å². The molecule has 5 rings (SSSR count). The molecule has 6 nitrogen and oxygen atoms in total. The minimum atomic E-state index is -0.185. The molecule has 0 fully saturated rings. The lowest BCUT2D eigenvalue weighted by Gasteiger charge is -2.37. The number of amides is 2. The zero-order chi connectivity index (χ0) is 19.1. The van der Waals surface area contributed by atoms with Gasteiger partial charge in [0.1, 0.15) is 0 Å². The Bertz CT molecular complexity index is 1030. The van der Waals surface area contributed by atoms with Gasteiger partial charge in [0, 0.05) is 41.8 Å². The third kappa shape index (κ3) is 2.96. The van der Waals surface area contributed by atoms with Crippen molar-refractivity contribution in [1.29, 1.82) is 0 Å². The molecule has 0 radical (unpaired) electrons. The molecule has 2 amide bonds. The number of carbonyl (C=O) groups excluding carboxylic acids is 1. The number of carbonyl (C=O) groups is 1. The zero-order valence-corrected chi connectivity index (χ0v) is 15.7. The molecule has 3 heterocycles. The highest BCUT2D eigenvalue weighted by atomic mass is 35.5. The number of benzene rings is 2. The van der Waals surface area contributed by atoms with Crippen molar-refractivity contribution in [1.82, 2.24) is 9.47 Å². The first kappa shape index (κ1) is 17.0. The van der Waals surface area contributed by atoms with E-state index in [1.165, 1.54) is 0 Å². The summed E-state index contributed by atoms with van der Waals surface area (Å²) in [5, 5.41) is 3.66. The van der Waals surface area contributed by atoms with Crippen LogP contribution in [0.2, 0.25) is 5.02 Å². The van der Waals surface area contributed by atoms with Crippen LogP contribution < -0.4 is 14.8 Å². The second-order valence-electron chi connectivity index (χ2n) is 6.77. The summed E-state index contributed by atoms with van der Waals surface area (Å²) in [7, 11) is 0. The van der Waals surface area contributed by atoms with Crippen molar-refractivity contribution in [2.45, 2.75) is 12.6 Å². The maximum absolute atomic E-state index is 13.2. The topological polar surface area (TPSA) is 55.7 Å². The van der Waals surface area contributed by atoms with E-state index in [0.29, 0.717) is 28.8 Å². The summed E-state index contributed by atoms with van der Waals surface area (Å²) in [6, 6.07) is 16.8. The number of hydrogen-bond acceptors (Lipinski definition) is 3. The first-order valence-electron chi connectivity index (χ1n) is 9.07. The average Bonchev–Trinajstić information content (AvgIpc) is 3.36. The van der Waals surface area contributed by atoms with Crippen LogP contribution in [0.4, 0.5) is 10.5 Å². The summed E-state index contributed by atoms with van der Waals surface area (Å²) < 4.78 is 12.9. The number of halogens is 1. The van der Waals surface area contributed by atoms with Crippen molar-refractivity contribution in [3.63, 3.8) is 0 Å². The van der Waals surface area contributed by atoms with Crippen molar-refractivity contribution in [2.24, 2.45) is 0 Å². The molecule has 1 unspecified atom stereocenters. The van der Waals surface area contributed by atoms with Crippen LogP contribution >= 0.6 is 11.6 Å². The van der Waals surface area contributed by atoms with Crippen molar-refractivity contribution in [3.8, 4) is 11.5 Å². The Morgan fingerprint density at radius 3 is 2.71 bits per heavy atom. The number of urea groups is 1. The molecule has 0 saturated carbocycles. The van der Waals surface area contributed by atoms with E-state index in [9.17, 15) is 4.79 Å². The monoisotopic (exact) mass is 395 g/mol. The predicted molar refractivity (Wildman–Crippen MR) is 106 cm³/mol. The Morgan fingerprint density at radius 2 is 1.86 bits per heavy atom. The van der Waals surface area contributed by atoms with Gasteiger partial charge in [-0.15, -0.1) is 0 Å². The Labute approximate surface area is 167 Å². The van der Waals surface area contributed by atoms with Gasteiger partial charge in [-0.1, -0.05) is 23.7 Å². The van der Waals surface area contributed by atoms with E-state index in [1.807, 2.05) is 47.5 Å². The summed E-state index contributed by atoms with van der Waals surface area (Å²) in [6.45, 7) is 1.56. The Kier molecular flexibility index (Phi) is 4.13. The molecule has 0 aliphatic carbocycles. The minimum absolute atomic E-state index is 0.161. The van der Waals surface area contributed by atoms with Gasteiger partial charge in [0.15, 0.2) is 11.5 Å². The van der Waals surface area contributed by atoms with E-state index in [4.69, 9.17) is 21.1 Å². The Morgan fingerprint density at radius 1 is 1.04 bits per heavy atom. The van der Waals surface area contributed by atoms with Gasteiger partial charge in [-0.2, -0.15) is 0 Å². The number of nitrogens with zero attached hydrogens (tertiary/aromatic N) is 2. The maximum Gasteiger partial charge on any atom is 0.322 e. The molecule has 7 heteroatoms. The first-order chi connectivity index (χ1) is 13.7. The Balaban J connectivity index is 1.45. The number of nitrogens with one attached hydrogen (secondary N) is 1. The second-order valence-corrected chi connectivity index (χ2v) is 7.21. The third-order valence-electron chi connectivity index (χ3n) is 5.11. The standard InChI is InChI=1S/C21H18ClN3O3/c22-15-5-3-14(4-6-15)20-17-2-1-9-24(17)10-11-25(20)21(26)23-16-7-8-18-19(12-16)28-13-27-18/h1-9,12,20H,10-11,13H2,(H,23,26). The molecular formula is C21H18ClN3O3. The average molecular weight is 396 g/mol. The Hall–Kier alpha value is -3.12. The molecule has 28 heavy (non-hydrogen) atoms. The molecule has 2 aromatic carbocycles. The number of anilines is 1. The van der Waals surface area contributed by atoms with E-state index in [1.54, 1.807) is 12.1 Å². The highest BCUT2D eigenvalue weighted by molar-refractivity contribution is 6.30. The highest BCUT2D eigenvalue weighted by Crippen LogP contribution is 2.36. The van der Waals surface area contributed by atoms with Crippen LogP contribution in [0.5, 0.6) is 11.5 Å². The SMILES string of the molecule is O=C(Nc1ccc2c(c1)OCO2)N1CCn2cccc2C1c1ccc(Cl)cc1. The van der Waals surface area contributed by atoms with E-state index in [2.05, 4.69) is 16.0 Å². The second kappa shape index (κ2) is 6.80. The van der Waals surface area contributed by atoms with Crippen LogP contribution in [-0.4, -0.2) is 28.8 Å². The van der Waals surface area contributed by atoms with Gasteiger partial charge < -0.3 is 24.3 Å². The summed E-state index contributed by atoms with van der Waals surface area (Å²) in [5.41, 5.74) is 2.77. The maximum atomic E-state index is 13.2. The molecule has 142 valence electrons. The number of fused-ring (bicyclic) bond motifs is 2. The predicted octanol–water partition coefficient (Wildman–Crippen LogP) is 4.51. The fourth-order valence-corrected chi connectivity index (χ4v) is 3.89. The molecule has 3 aromatic rings. The molecule has 0 bridgehead atoms. The highest BCUT2D eigenvalue weighted by Gasteiger charge is 2.32. The van der Waals surface area contributed by atoms with Gasteiger partial charge in [0.25, 0.3) is 0 Å². The first-order valence-corrected chi connectivity index (χ1v) is 9.44. The molecule has 1 aromatic heterocycles. The van der Waals surface area contributed by atoms with E-state index in [-0.39, 0.29) is 18.9 Å². The van der Waals surface area contributed by atoms with Crippen LogP contribution in [0.3, 0.4) is 0 Å². The molecule has 0 spiro atoms. The van der Waals surface area contributed by atoms with Crippen LogP contribution in [-0.2, 0) is 6.54 Å². The quantitative estimate of drug-likeness (QED) is 0.694. The summed E-state index contributed by atoms with van der Waals surface area (Å²) in [5.74, 6) is 1.33. The number of ether oxygens (including phenoxy) is 2. The number of hydrogen-bond donors (Lipinski definition) is 1. The lowest BCUT2D eigenvalue weighted by atomic mass is 10.0. The van der Waals surface area contributed by atoms with Crippen LogP contribution in [0, 0.1) is 0 Å². The molecule has 1 N–H and O–H groups in total. The van der Waals surface area contributed by atoms with E-state index >= 15 is 0 Å². The van der Waals surface area contributed by atoms with Crippen molar-refractivity contribution in [2.75, 3.05) is 18.7 Å². The van der Waals surface area contributed by atoms with Gasteiger partial charge in [0.05, 0.1) is 6.04 Å². The van der Waals surface area contributed by atoms with Gasteiger partial charge in [-0.3, -0.25) is 0 Å². The number of rotatable bonds is 2. The lowest BCUT2D eigenvalue weighted by Crippen LogP contribution is -2.44. The van der Waals surface area contributed by atoms with Gasteiger partial charge in [-0.25, -0.2) is 4.79 Å². The van der Waals surface area contributed by atoms with Crippen LogP contribution in [0.1, 0.15) is 17.3 Å². The third-order valence-corrected chi connectivity index (χ3v) is 5.36. The van der Waals surface area contributed by atoms with Crippen LogP contribution in [0.15, 0.2) is 60.8 Å². The largest absolute Gasteiger partial charge is 0.454 e. The molecule has 2 aliphatic rings. The van der Waals surface area contributed by atoms with Gasteiger partial charge in [-0.05, 0) is 42.0 Å². The van der Waals surface area contributed by atoms with Crippen molar-refractivity contribution < 1.29 is 14.3 Å². The lowest BCUT2D eigenvalue weighted by molar-refractivity contribution is 0.174. The number of aromatic nitrogens is 1. The van der Waals surface area contributed by atoms with E-state index in [0.717, 1.165) is 17.8 Å². The summed E-state index contributed by atoms with van der Waals surface area (Å²) in [4.78, 5) is 15.0. The molecular weight excluding hydrogens is 378 g/mol. The summed E-state index contributed by atoms with van der Waals surface area (Å²) in [6.07, 6.45) is 2.05. The van der Waals surface area contributed by atoms with Crippen LogP contribution in [0.25, 0.3) is 0 Å². The van der Waals surface area contributed by atoms with Gasteiger partial charge >= 0.3 is 6.03 Å². The van der Waals surface area contributed by atoms with E-state index < -0.39 is 0 Å². The fraction of sp³-hybridized carbons (Fsp3) is 0.190. The normalized spacial score (nSPS) is 17.3. The fourth-order valence-electron chi connectivity index (χ4n) is 3.77. The van der Waals surface area contributed by atoms with Crippen molar-refractivity contribution in [3.05, 3.63) is 77.1 Å². The van der Waals surface area contributed by atoms with Crippen molar-refractivity contribution >= 4 is 23.3 Å². The summed E-state index contributed by atoms with van der Waals surface area (Å²) >= 11 is 6.06.